The fourth-order valence-corrected chi connectivity index (χ4v) is 3.82. The van der Waals surface area contributed by atoms with Crippen LogP contribution in [0.3, 0.4) is 0 Å². The Bertz CT molecular complexity index is 616. The Balaban J connectivity index is 1.83. The third-order valence-electron chi connectivity index (χ3n) is 4.70. The zero-order valence-electron chi connectivity index (χ0n) is 13.4. The average Bonchev–Trinajstić information content (AvgIpc) is 3.05. The molecule has 0 unspecified atom stereocenters. The third kappa shape index (κ3) is 3.02. The number of hydrogen-bond acceptors (Lipinski definition) is 4. The monoisotopic (exact) mass is 318 g/mol. The van der Waals surface area contributed by atoms with Gasteiger partial charge in [-0.15, -0.1) is 0 Å². The van der Waals surface area contributed by atoms with Crippen LogP contribution in [0.4, 0.5) is 0 Å². The molecule has 1 saturated carbocycles. The summed E-state index contributed by atoms with van der Waals surface area (Å²) in [5.74, 6) is -0.470. The first-order valence-corrected chi connectivity index (χ1v) is 8.15. The number of nitrogens with zero attached hydrogens (tertiary/aromatic N) is 2. The number of pyridine rings is 1. The smallest absolute Gasteiger partial charge is 0.326 e. The highest BCUT2D eigenvalue weighted by atomic mass is 16.5. The van der Waals surface area contributed by atoms with Gasteiger partial charge in [-0.2, -0.15) is 0 Å². The molecule has 0 aromatic carbocycles. The molecule has 1 aromatic heterocycles. The van der Waals surface area contributed by atoms with Gasteiger partial charge < -0.3 is 14.7 Å². The zero-order chi connectivity index (χ0) is 16.6. The SMILES string of the molecule is CC(C)Oc1cccc(C(=O)N2C[C@@H]3CCC[C@@H]3[C@H]2C(=O)O)n1. The number of aliphatic carboxylic acids is 1. The van der Waals surface area contributed by atoms with Gasteiger partial charge in [-0.25, -0.2) is 9.78 Å². The van der Waals surface area contributed by atoms with E-state index in [2.05, 4.69) is 4.98 Å². The van der Waals surface area contributed by atoms with Gasteiger partial charge in [0, 0.05) is 12.6 Å². The van der Waals surface area contributed by atoms with Crippen LogP contribution >= 0.6 is 0 Å². The van der Waals surface area contributed by atoms with Gasteiger partial charge in [-0.05, 0) is 44.6 Å². The van der Waals surface area contributed by atoms with Gasteiger partial charge in [0.1, 0.15) is 11.7 Å². The van der Waals surface area contributed by atoms with Crippen LogP contribution in [0.1, 0.15) is 43.6 Å². The van der Waals surface area contributed by atoms with Crippen LogP contribution < -0.4 is 4.74 Å². The Morgan fingerprint density at radius 1 is 1.35 bits per heavy atom. The molecule has 1 saturated heterocycles. The second-order valence-corrected chi connectivity index (χ2v) is 6.62. The maximum absolute atomic E-state index is 12.8. The van der Waals surface area contributed by atoms with E-state index in [1.54, 1.807) is 18.2 Å². The standard InChI is InChI=1S/C17H22N2O4/c1-10(2)23-14-8-4-7-13(18-14)16(20)19-9-11-5-3-6-12(11)15(19)17(21)22/h4,7-8,10-12,15H,3,5-6,9H2,1-2H3,(H,21,22)/t11-,12-,15-/m0/s1. The van der Waals surface area contributed by atoms with Gasteiger partial charge in [0.25, 0.3) is 5.91 Å². The average molecular weight is 318 g/mol. The second kappa shape index (κ2) is 6.18. The number of ether oxygens (including phenoxy) is 1. The van der Waals surface area contributed by atoms with Gasteiger partial charge in [0.15, 0.2) is 0 Å². The second-order valence-electron chi connectivity index (χ2n) is 6.62. The molecule has 6 nitrogen and oxygen atoms in total. The highest BCUT2D eigenvalue weighted by molar-refractivity contribution is 5.95. The molecule has 1 aliphatic carbocycles. The lowest BCUT2D eigenvalue weighted by atomic mass is 9.94. The van der Waals surface area contributed by atoms with E-state index >= 15 is 0 Å². The van der Waals surface area contributed by atoms with Crippen LogP contribution in [-0.4, -0.2) is 45.6 Å². The molecule has 2 heterocycles. The summed E-state index contributed by atoms with van der Waals surface area (Å²) in [4.78, 5) is 30.2. The molecule has 2 aliphatic rings. The van der Waals surface area contributed by atoms with Crippen molar-refractivity contribution >= 4 is 11.9 Å². The number of carboxylic acid groups (broad SMARTS) is 1. The van der Waals surface area contributed by atoms with Gasteiger partial charge >= 0.3 is 5.97 Å². The summed E-state index contributed by atoms with van der Waals surface area (Å²) in [5, 5.41) is 9.56. The molecule has 3 atom stereocenters. The van der Waals surface area contributed by atoms with E-state index in [4.69, 9.17) is 4.74 Å². The highest BCUT2D eigenvalue weighted by Crippen LogP contribution is 2.42. The molecule has 0 bridgehead atoms. The molecule has 0 radical (unpaired) electrons. The van der Waals surface area contributed by atoms with Crippen molar-refractivity contribution in [2.24, 2.45) is 11.8 Å². The number of rotatable bonds is 4. The number of fused-ring (bicyclic) bond motifs is 1. The summed E-state index contributed by atoms with van der Waals surface area (Å²) in [6.45, 7) is 4.29. The maximum Gasteiger partial charge on any atom is 0.326 e. The van der Waals surface area contributed by atoms with Crippen molar-refractivity contribution in [1.29, 1.82) is 0 Å². The van der Waals surface area contributed by atoms with Crippen molar-refractivity contribution < 1.29 is 19.4 Å². The van der Waals surface area contributed by atoms with Crippen molar-refractivity contribution in [1.82, 2.24) is 9.88 Å². The van der Waals surface area contributed by atoms with Gasteiger partial charge in [-0.3, -0.25) is 4.79 Å². The molecule has 6 heteroatoms. The highest BCUT2D eigenvalue weighted by Gasteiger charge is 2.49. The van der Waals surface area contributed by atoms with Crippen molar-refractivity contribution in [3.8, 4) is 5.88 Å². The van der Waals surface area contributed by atoms with E-state index in [1.807, 2.05) is 13.8 Å². The number of carbonyl (C=O) groups excluding carboxylic acids is 1. The summed E-state index contributed by atoms with van der Waals surface area (Å²) in [5.41, 5.74) is 0.245. The first-order chi connectivity index (χ1) is 11.0. The molecule has 2 fully saturated rings. The summed E-state index contributed by atoms with van der Waals surface area (Å²) < 4.78 is 5.52. The van der Waals surface area contributed by atoms with Crippen LogP contribution in [-0.2, 0) is 4.79 Å². The van der Waals surface area contributed by atoms with E-state index in [1.165, 1.54) is 4.90 Å². The first-order valence-electron chi connectivity index (χ1n) is 8.15. The third-order valence-corrected chi connectivity index (χ3v) is 4.70. The Morgan fingerprint density at radius 2 is 2.13 bits per heavy atom. The Morgan fingerprint density at radius 3 is 2.83 bits per heavy atom. The van der Waals surface area contributed by atoms with Crippen molar-refractivity contribution in [2.45, 2.75) is 45.3 Å². The Kier molecular flexibility index (Phi) is 4.24. The maximum atomic E-state index is 12.8. The summed E-state index contributed by atoms with van der Waals surface area (Å²) in [7, 11) is 0. The number of hydrogen-bond donors (Lipinski definition) is 1. The van der Waals surface area contributed by atoms with Crippen molar-refractivity contribution in [3.05, 3.63) is 23.9 Å². The van der Waals surface area contributed by atoms with Gasteiger partial charge in [0.2, 0.25) is 5.88 Å². The zero-order valence-corrected chi connectivity index (χ0v) is 13.4. The lowest BCUT2D eigenvalue weighted by molar-refractivity contribution is -0.142. The van der Waals surface area contributed by atoms with Crippen LogP contribution in [0, 0.1) is 11.8 Å². The summed E-state index contributed by atoms with van der Waals surface area (Å²) in [6, 6.07) is 4.30. The van der Waals surface area contributed by atoms with Crippen LogP contribution in [0.5, 0.6) is 5.88 Å². The lowest BCUT2D eigenvalue weighted by Crippen LogP contribution is -2.43. The van der Waals surface area contributed by atoms with Crippen LogP contribution in [0.25, 0.3) is 0 Å². The minimum absolute atomic E-state index is 0.0363. The minimum Gasteiger partial charge on any atom is -0.480 e. The fraction of sp³-hybridized carbons (Fsp3) is 0.588. The predicted octanol–water partition coefficient (Wildman–Crippen LogP) is 2.19. The molecular weight excluding hydrogens is 296 g/mol. The normalized spacial score (nSPS) is 26.4. The molecular formula is C17H22N2O4. The van der Waals surface area contributed by atoms with Gasteiger partial charge in [0.05, 0.1) is 6.10 Å². The topological polar surface area (TPSA) is 79.7 Å². The Labute approximate surface area is 135 Å². The van der Waals surface area contributed by atoms with E-state index in [9.17, 15) is 14.7 Å². The minimum atomic E-state index is -0.915. The summed E-state index contributed by atoms with van der Waals surface area (Å²) in [6.07, 6.45) is 2.90. The van der Waals surface area contributed by atoms with Gasteiger partial charge in [-0.1, -0.05) is 12.5 Å². The number of carboxylic acids is 1. The lowest BCUT2D eigenvalue weighted by Gasteiger charge is -2.24. The molecule has 1 aromatic rings. The number of likely N-dealkylation sites (tertiary alicyclic amines) is 1. The molecule has 124 valence electrons. The number of aromatic nitrogens is 1. The van der Waals surface area contributed by atoms with E-state index in [0.717, 1.165) is 19.3 Å². The van der Waals surface area contributed by atoms with Crippen molar-refractivity contribution in [2.75, 3.05) is 6.54 Å². The number of carbonyl (C=O) groups is 2. The van der Waals surface area contributed by atoms with E-state index in [0.29, 0.717) is 18.3 Å². The fourth-order valence-electron chi connectivity index (χ4n) is 3.82. The van der Waals surface area contributed by atoms with Crippen LogP contribution in [0.2, 0.25) is 0 Å². The van der Waals surface area contributed by atoms with E-state index < -0.39 is 12.0 Å². The molecule has 1 N–H and O–H groups in total. The first kappa shape index (κ1) is 15.8. The Hall–Kier alpha value is -2.11. The molecule has 0 spiro atoms. The quantitative estimate of drug-likeness (QED) is 0.920. The molecule has 1 aliphatic heterocycles. The van der Waals surface area contributed by atoms with Crippen molar-refractivity contribution in [3.63, 3.8) is 0 Å². The molecule has 23 heavy (non-hydrogen) atoms. The molecule has 1 amide bonds. The number of amides is 1. The summed E-state index contributed by atoms with van der Waals surface area (Å²) >= 11 is 0. The largest absolute Gasteiger partial charge is 0.480 e. The predicted molar refractivity (Wildman–Crippen MR) is 83.3 cm³/mol. The van der Waals surface area contributed by atoms with E-state index in [-0.39, 0.29) is 23.6 Å². The molecule has 3 rings (SSSR count). The van der Waals surface area contributed by atoms with Crippen LogP contribution in [0.15, 0.2) is 18.2 Å².